The second kappa shape index (κ2) is 6.90. The van der Waals surface area contributed by atoms with Crippen molar-refractivity contribution in [2.24, 2.45) is 5.92 Å². The van der Waals surface area contributed by atoms with Gasteiger partial charge in [-0.05, 0) is 51.0 Å². The Morgan fingerprint density at radius 2 is 1.85 bits per heavy atom. The van der Waals surface area contributed by atoms with Gasteiger partial charge in [0.2, 0.25) is 5.91 Å². The van der Waals surface area contributed by atoms with E-state index in [9.17, 15) is 4.79 Å². The quantitative estimate of drug-likeness (QED) is 0.820. The SMILES string of the molecule is O=C(CNC1CCCCC1C1CCCN1)N1CCCC1. The Hall–Kier alpha value is -0.610. The van der Waals surface area contributed by atoms with Gasteiger partial charge in [0, 0.05) is 25.2 Å². The van der Waals surface area contributed by atoms with Crippen LogP contribution in [-0.2, 0) is 4.79 Å². The molecule has 3 rings (SSSR count). The first kappa shape index (κ1) is 14.3. The Labute approximate surface area is 122 Å². The van der Waals surface area contributed by atoms with E-state index in [0.717, 1.165) is 19.0 Å². The number of likely N-dealkylation sites (tertiary alicyclic amines) is 1. The fraction of sp³-hybridized carbons (Fsp3) is 0.938. The monoisotopic (exact) mass is 279 g/mol. The third-order valence-corrected chi connectivity index (χ3v) is 5.41. The predicted octanol–water partition coefficient (Wildman–Crippen LogP) is 1.51. The van der Waals surface area contributed by atoms with E-state index < -0.39 is 0 Å². The molecule has 0 bridgehead atoms. The number of amides is 1. The van der Waals surface area contributed by atoms with Crippen LogP contribution in [0.4, 0.5) is 0 Å². The van der Waals surface area contributed by atoms with Gasteiger partial charge in [-0.2, -0.15) is 0 Å². The molecule has 0 aromatic heterocycles. The molecule has 3 unspecified atom stereocenters. The van der Waals surface area contributed by atoms with Crippen LogP contribution in [0.25, 0.3) is 0 Å². The number of hydrogen-bond donors (Lipinski definition) is 2. The normalized spacial score (nSPS) is 34.6. The van der Waals surface area contributed by atoms with Crippen LogP contribution in [0.5, 0.6) is 0 Å². The molecule has 3 atom stereocenters. The van der Waals surface area contributed by atoms with Gasteiger partial charge in [0.15, 0.2) is 0 Å². The largest absolute Gasteiger partial charge is 0.342 e. The Morgan fingerprint density at radius 1 is 1.05 bits per heavy atom. The van der Waals surface area contributed by atoms with Crippen molar-refractivity contribution in [2.75, 3.05) is 26.2 Å². The van der Waals surface area contributed by atoms with Gasteiger partial charge >= 0.3 is 0 Å². The van der Waals surface area contributed by atoms with Crippen molar-refractivity contribution in [3.05, 3.63) is 0 Å². The molecule has 20 heavy (non-hydrogen) atoms. The van der Waals surface area contributed by atoms with Gasteiger partial charge in [0.1, 0.15) is 0 Å². The van der Waals surface area contributed by atoms with Gasteiger partial charge in [0.05, 0.1) is 6.54 Å². The maximum Gasteiger partial charge on any atom is 0.236 e. The van der Waals surface area contributed by atoms with Crippen molar-refractivity contribution in [2.45, 2.75) is 63.5 Å². The zero-order valence-electron chi connectivity index (χ0n) is 12.6. The highest BCUT2D eigenvalue weighted by molar-refractivity contribution is 5.78. The first-order valence-corrected chi connectivity index (χ1v) is 8.59. The van der Waals surface area contributed by atoms with Crippen LogP contribution >= 0.6 is 0 Å². The minimum Gasteiger partial charge on any atom is -0.342 e. The van der Waals surface area contributed by atoms with Crippen molar-refractivity contribution in [3.8, 4) is 0 Å². The first-order chi connectivity index (χ1) is 9.84. The molecule has 0 radical (unpaired) electrons. The molecule has 114 valence electrons. The van der Waals surface area contributed by atoms with Crippen LogP contribution in [0.15, 0.2) is 0 Å². The van der Waals surface area contributed by atoms with Crippen molar-refractivity contribution in [3.63, 3.8) is 0 Å². The summed E-state index contributed by atoms with van der Waals surface area (Å²) in [6.07, 6.45) is 10.3. The van der Waals surface area contributed by atoms with E-state index in [0.29, 0.717) is 24.5 Å². The summed E-state index contributed by atoms with van der Waals surface area (Å²) in [5.41, 5.74) is 0. The number of hydrogen-bond acceptors (Lipinski definition) is 3. The molecule has 2 saturated heterocycles. The van der Waals surface area contributed by atoms with E-state index in [1.165, 1.54) is 57.9 Å². The third kappa shape index (κ3) is 3.34. The summed E-state index contributed by atoms with van der Waals surface area (Å²) >= 11 is 0. The molecule has 4 nitrogen and oxygen atoms in total. The number of rotatable bonds is 4. The van der Waals surface area contributed by atoms with Crippen LogP contribution in [0, 0.1) is 5.92 Å². The fourth-order valence-electron chi connectivity index (χ4n) is 4.27. The van der Waals surface area contributed by atoms with Crippen LogP contribution in [0.2, 0.25) is 0 Å². The lowest BCUT2D eigenvalue weighted by atomic mass is 9.79. The van der Waals surface area contributed by atoms with Gasteiger partial charge in [-0.1, -0.05) is 12.8 Å². The van der Waals surface area contributed by atoms with E-state index in [2.05, 4.69) is 10.6 Å². The molecular formula is C16H29N3O. The lowest BCUT2D eigenvalue weighted by Crippen LogP contribution is -2.49. The summed E-state index contributed by atoms with van der Waals surface area (Å²) in [5, 5.41) is 7.26. The van der Waals surface area contributed by atoms with Gasteiger partial charge in [-0.3, -0.25) is 4.79 Å². The lowest BCUT2D eigenvalue weighted by molar-refractivity contribution is -0.129. The number of carbonyl (C=O) groups is 1. The number of carbonyl (C=O) groups excluding carboxylic acids is 1. The van der Waals surface area contributed by atoms with E-state index in [4.69, 9.17) is 0 Å². The summed E-state index contributed by atoms with van der Waals surface area (Å²) in [4.78, 5) is 14.2. The molecule has 2 N–H and O–H groups in total. The van der Waals surface area contributed by atoms with Crippen molar-refractivity contribution in [1.82, 2.24) is 15.5 Å². The van der Waals surface area contributed by atoms with E-state index in [-0.39, 0.29) is 0 Å². The van der Waals surface area contributed by atoms with E-state index in [1.54, 1.807) is 0 Å². The Kier molecular flexibility index (Phi) is 4.94. The Morgan fingerprint density at radius 3 is 2.60 bits per heavy atom. The summed E-state index contributed by atoms with van der Waals surface area (Å²) in [6.45, 7) is 3.67. The number of nitrogens with one attached hydrogen (secondary N) is 2. The molecule has 0 aromatic rings. The molecule has 1 saturated carbocycles. The summed E-state index contributed by atoms with van der Waals surface area (Å²) in [6, 6.07) is 1.24. The molecule has 2 heterocycles. The van der Waals surface area contributed by atoms with Crippen molar-refractivity contribution >= 4 is 5.91 Å². The second-order valence-corrected chi connectivity index (χ2v) is 6.73. The molecule has 3 aliphatic rings. The van der Waals surface area contributed by atoms with Gasteiger partial charge < -0.3 is 15.5 Å². The van der Waals surface area contributed by atoms with Crippen molar-refractivity contribution < 1.29 is 4.79 Å². The molecule has 3 fully saturated rings. The highest BCUT2D eigenvalue weighted by Crippen LogP contribution is 2.30. The van der Waals surface area contributed by atoms with Gasteiger partial charge in [-0.15, -0.1) is 0 Å². The Balaban J connectivity index is 1.49. The number of nitrogens with zero attached hydrogens (tertiary/aromatic N) is 1. The van der Waals surface area contributed by atoms with Crippen LogP contribution < -0.4 is 10.6 Å². The molecule has 1 amide bonds. The minimum atomic E-state index is 0.311. The highest BCUT2D eigenvalue weighted by atomic mass is 16.2. The minimum absolute atomic E-state index is 0.311. The highest BCUT2D eigenvalue weighted by Gasteiger charge is 2.33. The fourth-order valence-corrected chi connectivity index (χ4v) is 4.27. The molecule has 0 aromatic carbocycles. The summed E-state index contributed by atoms with van der Waals surface area (Å²) in [5.74, 6) is 1.05. The third-order valence-electron chi connectivity index (χ3n) is 5.41. The van der Waals surface area contributed by atoms with E-state index in [1.807, 2.05) is 4.90 Å². The lowest BCUT2D eigenvalue weighted by Gasteiger charge is -2.36. The summed E-state index contributed by atoms with van der Waals surface area (Å²) < 4.78 is 0. The average molecular weight is 279 g/mol. The smallest absolute Gasteiger partial charge is 0.236 e. The maximum atomic E-state index is 12.2. The zero-order chi connectivity index (χ0) is 13.8. The van der Waals surface area contributed by atoms with Crippen LogP contribution in [-0.4, -0.2) is 49.1 Å². The first-order valence-electron chi connectivity index (χ1n) is 8.59. The second-order valence-electron chi connectivity index (χ2n) is 6.73. The van der Waals surface area contributed by atoms with Crippen LogP contribution in [0.3, 0.4) is 0 Å². The predicted molar refractivity (Wildman–Crippen MR) is 80.6 cm³/mol. The van der Waals surface area contributed by atoms with Crippen LogP contribution in [0.1, 0.15) is 51.4 Å². The summed E-state index contributed by atoms with van der Waals surface area (Å²) in [7, 11) is 0. The molecular weight excluding hydrogens is 250 g/mol. The zero-order valence-corrected chi connectivity index (χ0v) is 12.6. The van der Waals surface area contributed by atoms with Crippen molar-refractivity contribution in [1.29, 1.82) is 0 Å². The molecule has 4 heteroatoms. The maximum absolute atomic E-state index is 12.2. The molecule has 0 spiro atoms. The standard InChI is InChI=1S/C16H29N3O/c20-16(19-10-3-4-11-19)12-18-15-7-2-1-6-13(15)14-8-5-9-17-14/h13-15,17-18H,1-12H2. The van der Waals surface area contributed by atoms with Gasteiger partial charge in [0.25, 0.3) is 0 Å². The van der Waals surface area contributed by atoms with E-state index >= 15 is 0 Å². The average Bonchev–Trinajstić information content (AvgIpc) is 3.17. The Bertz CT molecular complexity index is 322. The van der Waals surface area contributed by atoms with Gasteiger partial charge in [-0.25, -0.2) is 0 Å². The molecule has 2 aliphatic heterocycles. The molecule has 1 aliphatic carbocycles. The topological polar surface area (TPSA) is 44.4 Å².